The van der Waals surface area contributed by atoms with E-state index >= 15 is 0 Å². The second-order valence-electron chi connectivity index (χ2n) is 5.93. The zero-order chi connectivity index (χ0) is 17.9. The summed E-state index contributed by atoms with van der Waals surface area (Å²) in [5.41, 5.74) is 5.68. The van der Waals surface area contributed by atoms with Gasteiger partial charge in [0.05, 0.1) is 12.7 Å². The number of carbonyl (C=O) groups is 1. The SMILES string of the molecule is COc1ccc(F)c(-c2ccc(C(=O)O)cc2OC(C)(C)CN)c1. The summed E-state index contributed by atoms with van der Waals surface area (Å²) < 4.78 is 25.3. The molecule has 0 aliphatic heterocycles. The van der Waals surface area contributed by atoms with E-state index in [1.165, 1.54) is 43.5 Å². The molecule has 24 heavy (non-hydrogen) atoms. The van der Waals surface area contributed by atoms with Crippen LogP contribution in [0.1, 0.15) is 24.2 Å². The third kappa shape index (κ3) is 3.83. The Morgan fingerprint density at radius 2 is 1.92 bits per heavy atom. The number of halogens is 1. The average Bonchev–Trinajstić information content (AvgIpc) is 2.55. The minimum Gasteiger partial charge on any atom is -0.497 e. The van der Waals surface area contributed by atoms with Crippen LogP contribution in [0.5, 0.6) is 11.5 Å². The van der Waals surface area contributed by atoms with Gasteiger partial charge in [0, 0.05) is 17.7 Å². The molecule has 0 aliphatic rings. The van der Waals surface area contributed by atoms with Gasteiger partial charge in [0.2, 0.25) is 0 Å². The first-order valence-electron chi connectivity index (χ1n) is 7.38. The van der Waals surface area contributed by atoms with Gasteiger partial charge in [-0.1, -0.05) is 0 Å². The largest absolute Gasteiger partial charge is 0.497 e. The van der Waals surface area contributed by atoms with E-state index < -0.39 is 17.4 Å². The number of nitrogens with two attached hydrogens (primary N) is 1. The predicted molar refractivity (Wildman–Crippen MR) is 89.1 cm³/mol. The average molecular weight is 333 g/mol. The fourth-order valence-electron chi connectivity index (χ4n) is 2.14. The van der Waals surface area contributed by atoms with Crippen LogP contribution in [0.25, 0.3) is 11.1 Å². The van der Waals surface area contributed by atoms with Gasteiger partial charge in [0.1, 0.15) is 22.9 Å². The van der Waals surface area contributed by atoms with Crippen molar-refractivity contribution in [2.75, 3.05) is 13.7 Å². The highest BCUT2D eigenvalue weighted by Gasteiger charge is 2.22. The Kier molecular flexibility index (Phi) is 5.09. The van der Waals surface area contributed by atoms with E-state index in [1.807, 2.05) is 0 Å². The molecule has 3 N–H and O–H groups in total. The molecule has 0 saturated carbocycles. The van der Waals surface area contributed by atoms with E-state index in [-0.39, 0.29) is 23.4 Å². The first-order chi connectivity index (χ1) is 11.3. The Bertz CT molecular complexity index is 759. The maximum atomic E-state index is 14.3. The van der Waals surface area contributed by atoms with Gasteiger partial charge in [0.15, 0.2) is 0 Å². The van der Waals surface area contributed by atoms with E-state index in [4.69, 9.17) is 15.2 Å². The molecule has 2 rings (SSSR count). The predicted octanol–water partition coefficient (Wildman–Crippen LogP) is 3.32. The van der Waals surface area contributed by atoms with Crippen molar-refractivity contribution in [3.05, 3.63) is 47.8 Å². The number of rotatable bonds is 6. The summed E-state index contributed by atoms with van der Waals surface area (Å²) in [6.45, 7) is 3.75. The Morgan fingerprint density at radius 1 is 1.21 bits per heavy atom. The third-order valence-electron chi connectivity index (χ3n) is 3.57. The Hall–Kier alpha value is -2.60. The number of aromatic carboxylic acids is 1. The molecular formula is C18H20FNO4. The van der Waals surface area contributed by atoms with Crippen LogP contribution >= 0.6 is 0 Å². The summed E-state index contributed by atoms with van der Waals surface area (Å²) in [4.78, 5) is 11.2. The molecule has 0 saturated heterocycles. The molecule has 128 valence electrons. The second kappa shape index (κ2) is 6.88. The highest BCUT2D eigenvalue weighted by molar-refractivity contribution is 5.90. The maximum Gasteiger partial charge on any atom is 0.335 e. The molecular weight excluding hydrogens is 313 g/mol. The monoisotopic (exact) mass is 333 g/mol. The van der Waals surface area contributed by atoms with Gasteiger partial charge < -0.3 is 20.3 Å². The highest BCUT2D eigenvalue weighted by Crippen LogP contribution is 2.36. The molecule has 0 atom stereocenters. The van der Waals surface area contributed by atoms with Crippen molar-refractivity contribution in [1.82, 2.24) is 0 Å². The van der Waals surface area contributed by atoms with Crippen LogP contribution in [-0.2, 0) is 0 Å². The zero-order valence-electron chi connectivity index (χ0n) is 13.8. The smallest absolute Gasteiger partial charge is 0.335 e. The normalized spacial score (nSPS) is 11.2. The summed E-state index contributed by atoms with van der Waals surface area (Å²) in [7, 11) is 1.49. The summed E-state index contributed by atoms with van der Waals surface area (Å²) in [5, 5.41) is 9.19. The van der Waals surface area contributed by atoms with Crippen LogP contribution in [0.2, 0.25) is 0 Å². The van der Waals surface area contributed by atoms with Gasteiger partial charge >= 0.3 is 5.97 Å². The Labute approximate surface area is 139 Å². The number of carboxylic acid groups (broad SMARTS) is 1. The lowest BCUT2D eigenvalue weighted by molar-refractivity contribution is 0.0694. The molecule has 0 bridgehead atoms. The molecule has 0 radical (unpaired) electrons. The topological polar surface area (TPSA) is 81.8 Å². The summed E-state index contributed by atoms with van der Waals surface area (Å²) in [5.74, 6) is -0.826. The quantitative estimate of drug-likeness (QED) is 0.847. The van der Waals surface area contributed by atoms with Gasteiger partial charge in [-0.15, -0.1) is 0 Å². The second-order valence-corrected chi connectivity index (χ2v) is 5.93. The number of hydrogen-bond donors (Lipinski definition) is 2. The van der Waals surface area contributed by atoms with E-state index in [1.54, 1.807) is 13.8 Å². The fraction of sp³-hybridized carbons (Fsp3) is 0.278. The van der Waals surface area contributed by atoms with Crippen LogP contribution < -0.4 is 15.2 Å². The van der Waals surface area contributed by atoms with E-state index in [0.29, 0.717) is 11.3 Å². The van der Waals surface area contributed by atoms with E-state index in [2.05, 4.69) is 0 Å². The molecule has 0 aliphatic carbocycles. The number of ether oxygens (including phenoxy) is 2. The fourth-order valence-corrected chi connectivity index (χ4v) is 2.14. The first kappa shape index (κ1) is 17.7. The Balaban J connectivity index is 2.62. The first-order valence-corrected chi connectivity index (χ1v) is 7.38. The molecule has 6 heteroatoms. The van der Waals surface area contributed by atoms with E-state index in [0.717, 1.165) is 0 Å². The van der Waals surface area contributed by atoms with Gasteiger partial charge in [-0.2, -0.15) is 0 Å². The van der Waals surface area contributed by atoms with Crippen LogP contribution in [-0.4, -0.2) is 30.3 Å². The van der Waals surface area contributed by atoms with Crippen molar-refractivity contribution in [3.8, 4) is 22.6 Å². The lowest BCUT2D eigenvalue weighted by Crippen LogP contribution is -2.37. The number of benzene rings is 2. The summed E-state index contributed by atoms with van der Waals surface area (Å²) in [6.07, 6.45) is 0. The van der Waals surface area contributed by atoms with Crippen molar-refractivity contribution in [2.45, 2.75) is 19.4 Å². The molecule has 0 fully saturated rings. The van der Waals surface area contributed by atoms with Crippen molar-refractivity contribution >= 4 is 5.97 Å². The summed E-state index contributed by atoms with van der Waals surface area (Å²) in [6, 6.07) is 8.62. The molecule has 5 nitrogen and oxygen atoms in total. The molecule has 0 spiro atoms. The van der Waals surface area contributed by atoms with Gasteiger partial charge in [0.25, 0.3) is 0 Å². The minimum atomic E-state index is -1.09. The lowest BCUT2D eigenvalue weighted by Gasteiger charge is -2.26. The molecule has 0 heterocycles. The van der Waals surface area contributed by atoms with Crippen molar-refractivity contribution in [3.63, 3.8) is 0 Å². The molecule has 0 aromatic heterocycles. The van der Waals surface area contributed by atoms with Gasteiger partial charge in [-0.25, -0.2) is 9.18 Å². The standard InChI is InChI=1S/C18H20FNO4/c1-18(2,10-20)24-16-8-11(17(21)22)4-6-13(16)14-9-12(23-3)5-7-15(14)19/h4-9H,10,20H2,1-3H3,(H,21,22). The lowest BCUT2D eigenvalue weighted by atomic mass is 10.0. The van der Waals surface area contributed by atoms with Crippen LogP contribution in [0.4, 0.5) is 4.39 Å². The number of methoxy groups -OCH3 is 1. The van der Waals surface area contributed by atoms with Crippen molar-refractivity contribution < 1.29 is 23.8 Å². The Morgan fingerprint density at radius 3 is 2.50 bits per heavy atom. The highest BCUT2D eigenvalue weighted by atomic mass is 19.1. The number of hydrogen-bond acceptors (Lipinski definition) is 4. The number of carboxylic acids is 1. The van der Waals surface area contributed by atoms with Gasteiger partial charge in [-0.05, 0) is 50.2 Å². The maximum absolute atomic E-state index is 14.3. The van der Waals surface area contributed by atoms with Crippen molar-refractivity contribution in [2.24, 2.45) is 5.73 Å². The van der Waals surface area contributed by atoms with Crippen LogP contribution in [0.3, 0.4) is 0 Å². The van der Waals surface area contributed by atoms with Gasteiger partial charge in [-0.3, -0.25) is 0 Å². The molecule has 2 aromatic carbocycles. The van der Waals surface area contributed by atoms with E-state index in [9.17, 15) is 14.3 Å². The summed E-state index contributed by atoms with van der Waals surface area (Å²) >= 11 is 0. The molecule has 0 unspecified atom stereocenters. The molecule has 0 amide bonds. The van der Waals surface area contributed by atoms with Crippen LogP contribution in [0.15, 0.2) is 36.4 Å². The van der Waals surface area contributed by atoms with Crippen molar-refractivity contribution in [1.29, 1.82) is 0 Å². The third-order valence-corrected chi connectivity index (χ3v) is 3.57. The van der Waals surface area contributed by atoms with Crippen LogP contribution in [0, 0.1) is 5.82 Å². The minimum absolute atomic E-state index is 0.0462. The zero-order valence-corrected chi connectivity index (χ0v) is 13.8. The molecule has 2 aromatic rings.